The molecule has 1 aromatic carbocycles. The number of nitrogen functional groups attached to an aromatic ring is 1. The lowest BCUT2D eigenvalue weighted by atomic mass is 10.1. The van der Waals surface area contributed by atoms with Crippen LogP contribution >= 0.6 is 11.6 Å². The molecule has 0 amide bonds. The molecule has 0 aliphatic rings. The van der Waals surface area contributed by atoms with Gasteiger partial charge in [0.25, 0.3) is 0 Å². The van der Waals surface area contributed by atoms with Crippen molar-refractivity contribution in [3.05, 3.63) is 28.8 Å². The zero-order valence-corrected chi connectivity index (χ0v) is 8.73. The van der Waals surface area contributed by atoms with Crippen molar-refractivity contribution in [2.24, 2.45) is 0 Å². The smallest absolute Gasteiger partial charge is 0.0638 e. The predicted molar refractivity (Wildman–Crippen MR) is 58.1 cm³/mol. The normalized spacial score (nSPS) is 12.8. The second-order valence-corrected chi connectivity index (χ2v) is 3.61. The Hall–Kier alpha value is -0.730. The highest BCUT2D eigenvalue weighted by Crippen LogP contribution is 2.23. The molecule has 0 radical (unpaired) electrons. The molecule has 0 bridgehead atoms. The van der Waals surface area contributed by atoms with E-state index in [9.17, 15) is 0 Å². The van der Waals surface area contributed by atoms with Gasteiger partial charge >= 0.3 is 0 Å². The van der Waals surface area contributed by atoms with Gasteiger partial charge in [0, 0.05) is 6.04 Å². The minimum Gasteiger partial charge on any atom is -0.397 e. The lowest BCUT2D eigenvalue weighted by molar-refractivity contribution is 0.609. The molecule has 0 fully saturated rings. The van der Waals surface area contributed by atoms with E-state index in [4.69, 9.17) is 17.3 Å². The Morgan fingerprint density at radius 3 is 2.85 bits per heavy atom. The number of para-hydroxylation sites is 1. The average Bonchev–Trinajstić information content (AvgIpc) is 2.13. The summed E-state index contributed by atoms with van der Waals surface area (Å²) in [6, 6.07) is 6.16. The highest BCUT2D eigenvalue weighted by atomic mass is 35.5. The first-order chi connectivity index (χ1) is 6.15. The van der Waals surface area contributed by atoms with Crippen LogP contribution in [-0.2, 0) is 6.42 Å². The van der Waals surface area contributed by atoms with Crippen LogP contribution in [0.1, 0.15) is 12.5 Å². The summed E-state index contributed by atoms with van der Waals surface area (Å²) in [4.78, 5) is 0. The molecule has 1 atom stereocenters. The average molecular weight is 199 g/mol. The van der Waals surface area contributed by atoms with Gasteiger partial charge in [0.15, 0.2) is 0 Å². The lowest BCUT2D eigenvalue weighted by Gasteiger charge is -2.12. The van der Waals surface area contributed by atoms with E-state index in [1.165, 1.54) is 0 Å². The van der Waals surface area contributed by atoms with Crippen molar-refractivity contribution >= 4 is 17.3 Å². The quantitative estimate of drug-likeness (QED) is 0.730. The summed E-state index contributed by atoms with van der Waals surface area (Å²) in [7, 11) is 1.94. The van der Waals surface area contributed by atoms with Gasteiger partial charge in [-0.3, -0.25) is 0 Å². The van der Waals surface area contributed by atoms with Crippen LogP contribution in [0, 0.1) is 0 Å². The minimum atomic E-state index is 0.417. The third kappa shape index (κ3) is 2.61. The van der Waals surface area contributed by atoms with E-state index in [0.717, 1.165) is 12.0 Å². The Morgan fingerprint density at radius 1 is 1.54 bits per heavy atom. The topological polar surface area (TPSA) is 38.0 Å². The monoisotopic (exact) mass is 198 g/mol. The van der Waals surface area contributed by atoms with Crippen LogP contribution < -0.4 is 11.1 Å². The predicted octanol–water partition coefficient (Wildman–Crippen LogP) is 2.07. The van der Waals surface area contributed by atoms with Crippen LogP contribution in [0.5, 0.6) is 0 Å². The van der Waals surface area contributed by atoms with Gasteiger partial charge in [-0.05, 0) is 32.0 Å². The Kier molecular flexibility index (Phi) is 3.58. The Bertz CT molecular complexity index is 286. The second kappa shape index (κ2) is 4.49. The van der Waals surface area contributed by atoms with Crippen molar-refractivity contribution in [3.8, 4) is 0 Å². The van der Waals surface area contributed by atoms with Crippen molar-refractivity contribution in [2.75, 3.05) is 12.8 Å². The summed E-state index contributed by atoms with van der Waals surface area (Å²) < 4.78 is 0. The van der Waals surface area contributed by atoms with E-state index < -0.39 is 0 Å². The van der Waals surface area contributed by atoms with Crippen LogP contribution in [0.4, 0.5) is 5.69 Å². The summed E-state index contributed by atoms with van der Waals surface area (Å²) in [5.74, 6) is 0. The first kappa shape index (κ1) is 10.4. The number of halogens is 1. The zero-order chi connectivity index (χ0) is 9.84. The first-order valence-electron chi connectivity index (χ1n) is 4.35. The summed E-state index contributed by atoms with van der Waals surface area (Å²) in [5, 5.41) is 3.80. The molecule has 1 unspecified atom stereocenters. The molecule has 1 aromatic rings. The zero-order valence-electron chi connectivity index (χ0n) is 7.97. The van der Waals surface area contributed by atoms with Gasteiger partial charge in [-0.25, -0.2) is 0 Å². The third-order valence-corrected chi connectivity index (χ3v) is 2.49. The summed E-state index contributed by atoms with van der Waals surface area (Å²) >= 11 is 5.90. The highest BCUT2D eigenvalue weighted by Gasteiger charge is 2.05. The van der Waals surface area contributed by atoms with Gasteiger partial charge in [-0.2, -0.15) is 0 Å². The number of hydrogen-bond acceptors (Lipinski definition) is 2. The maximum atomic E-state index is 5.90. The Labute approximate surface area is 84.1 Å². The van der Waals surface area contributed by atoms with Gasteiger partial charge in [-0.1, -0.05) is 23.7 Å². The number of benzene rings is 1. The van der Waals surface area contributed by atoms with Crippen LogP contribution in [0.3, 0.4) is 0 Å². The summed E-state index contributed by atoms with van der Waals surface area (Å²) in [6.07, 6.45) is 0.906. The van der Waals surface area contributed by atoms with Crippen molar-refractivity contribution < 1.29 is 0 Å². The number of hydrogen-bond donors (Lipinski definition) is 2. The van der Waals surface area contributed by atoms with E-state index in [1.54, 1.807) is 0 Å². The fourth-order valence-electron chi connectivity index (χ4n) is 1.19. The van der Waals surface area contributed by atoms with Crippen LogP contribution in [0.25, 0.3) is 0 Å². The number of nitrogens with one attached hydrogen (secondary N) is 1. The molecule has 0 saturated carbocycles. The van der Waals surface area contributed by atoms with Gasteiger partial charge < -0.3 is 11.1 Å². The van der Waals surface area contributed by atoms with Gasteiger partial charge in [0.05, 0.1) is 10.7 Å². The van der Waals surface area contributed by atoms with Crippen LogP contribution in [0.15, 0.2) is 18.2 Å². The molecular weight excluding hydrogens is 184 g/mol. The molecule has 1 rings (SSSR count). The fraction of sp³-hybridized carbons (Fsp3) is 0.400. The van der Waals surface area contributed by atoms with Crippen LogP contribution in [-0.4, -0.2) is 13.1 Å². The van der Waals surface area contributed by atoms with Gasteiger partial charge in [0.2, 0.25) is 0 Å². The van der Waals surface area contributed by atoms with Crippen molar-refractivity contribution in [3.63, 3.8) is 0 Å². The number of nitrogens with two attached hydrogens (primary N) is 1. The van der Waals surface area contributed by atoms with E-state index in [0.29, 0.717) is 16.8 Å². The van der Waals surface area contributed by atoms with E-state index in [1.807, 2.05) is 25.2 Å². The maximum absolute atomic E-state index is 5.90. The van der Waals surface area contributed by atoms with Crippen molar-refractivity contribution in [1.82, 2.24) is 5.32 Å². The third-order valence-electron chi connectivity index (χ3n) is 2.16. The molecule has 0 aliphatic heterocycles. The van der Waals surface area contributed by atoms with E-state index in [2.05, 4.69) is 12.2 Å². The molecule has 2 nitrogen and oxygen atoms in total. The highest BCUT2D eigenvalue weighted by molar-refractivity contribution is 6.33. The van der Waals surface area contributed by atoms with E-state index >= 15 is 0 Å². The summed E-state index contributed by atoms with van der Waals surface area (Å²) in [6.45, 7) is 2.11. The molecule has 0 spiro atoms. The number of likely N-dealkylation sites (N-methyl/N-ethyl adjacent to an activating group) is 1. The second-order valence-electron chi connectivity index (χ2n) is 3.21. The molecular formula is C10H15ClN2. The van der Waals surface area contributed by atoms with Crippen molar-refractivity contribution in [2.45, 2.75) is 19.4 Å². The molecule has 0 heterocycles. The molecule has 3 N–H and O–H groups in total. The Balaban J connectivity index is 2.83. The molecule has 72 valence electrons. The molecule has 3 heteroatoms. The molecule has 13 heavy (non-hydrogen) atoms. The number of anilines is 1. The molecule has 0 saturated heterocycles. The maximum Gasteiger partial charge on any atom is 0.0638 e. The summed E-state index contributed by atoms with van der Waals surface area (Å²) in [5.41, 5.74) is 7.63. The number of rotatable bonds is 3. The van der Waals surface area contributed by atoms with Gasteiger partial charge in [0.1, 0.15) is 0 Å². The van der Waals surface area contributed by atoms with Gasteiger partial charge in [-0.15, -0.1) is 0 Å². The molecule has 0 aliphatic carbocycles. The van der Waals surface area contributed by atoms with Crippen molar-refractivity contribution in [1.29, 1.82) is 0 Å². The largest absolute Gasteiger partial charge is 0.397 e. The molecule has 0 aromatic heterocycles. The lowest BCUT2D eigenvalue weighted by Crippen LogP contribution is -2.23. The standard InChI is InChI=1S/C10H15ClN2/c1-7(13-2)6-8-4-3-5-9(11)10(8)12/h3-5,7,13H,6,12H2,1-2H3. The Morgan fingerprint density at radius 2 is 2.23 bits per heavy atom. The fourth-order valence-corrected chi connectivity index (χ4v) is 1.39. The minimum absolute atomic E-state index is 0.417. The van der Waals surface area contributed by atoms with Crippen LogP contribution in [0.2, 0.25) is 5.02 Å². The van der Waals surface area contributed by atoms with E-state index in [-0.39, 0.29) is 0 Å². The first-order valence-corrected chi connectivity index (χ1v) is 4.73. The SMILES string of the molecule is CNC(C)Cc1cccc(Cl)c1N.